The first-order valence-corrected chi connectivity index (χ1v) is 11.1. The van der Waals surface area contributed by atoms with Crippen molar-refractivity contribution in [2.75, 3.05) is 26.8 Å². The molecule has 2 aromatic rings. The fourth-order valence-electron chi connectivity index (χ4n) is 3.51. The molecule has 0 fully saturated rings. The van der Waals surface area contributed by atoms with Gasteiger partial charge in [-0.1, -0.05) is 32.0 Å². The zero-order valence-corrected chi connectivity index (χ0v) is 19.1. The summed E-state index contributed by atoms with van der Waals surface area (Å²) in [7, 11) is 1.54. The van der Waals surface area contributed by atoms with E-state index in [0.717, 1.165) is 10.6 Å². The van der Waals surface area contributed by atoms with Gasteiger partial charge in [0.15, 0.2) is 0 Å². The molecule has 0 radical (unpaired) electrons. The summed E-state index contributed by atoms with van der Waals surface area (Å²) in [5.74, 6) is -0.766. The van der Waals surface area contributed by atoms with E-state index in [-0.39, 0.29) is 36.5 Å². The van der Waals surface area contributed by atoms with Crippen LogP contribution in [0.2, 0.25) is 0 Å². The Hall–Kier alpha value is -3.11. The minimum atomic E-state index is -0.488. The Bertz CT molecular complexity index is 1010. The molecule has 10 heteroatoms. The molecule has 9 nitrogen and oxygen atoms in total. The molecule has 2 heterocycles. The van der Waals surface area contributed by atoms with Gasteiger partial charge in [0.2, 0.25) is 5.91 Å². The quantitative estimate of drug-likeness (QED) is 0.423. The third kappa shape index (κ3) is 5.38. The maximum absolute atomic E-state index is 13.3. The Labute approximate surface area is 190 Å². The molecule has 0 N–H and O–H groups in total. The summed E-state index contributed by atoms with van der Waals surface area (Å²) in [5, 5.41) is 19.1. The number of carbonyl (C=O) groups is 2. The molecule has 1 atom stereocenters. The highest BCUT2D eigenvalue weighted by Crippen LogP contribution is 2.35. The standard InChI is InChI=1S/C22H26N4O5S/c1-15(2)22(28)24(9-10-31-3)14-21(27)25-19(13-18(23-25)20-8-5-11-32-20)16-6-4-7-17(12-16)26(29)30/h4-8,11-12,15,19H,9-10,13-14H2,1-3H3/t19-/m0/s1. The van der Waals surface area contributed by atoms with E-state index < -0.39 is 11.0 Å². The summed E-state index contributed by atoms with van der Waals surface area (Å²) in [6.07, 6.45) is 0.434. The van der Waals surface area contributed by atoms with Crippen molar-refractivity contribution in [2.45, 2.75) is 26.3 Å². The number of hydrogen-bond donors (Lipinski definition) is 0. The van der Waals surface area contributed by atoms with Crippen LogP contribution in [0.1, 0.15) is 36.8 Å². The number of hydrazone groups is 1. The van der Waals surface area contributed by atoms with Crippen molar-refractivity contribution in [3.8, 4) is 0 Å². The van der Waals surface area contributed by atoms with Crippen molar-refractivity contribution >= 4 is 34.6 Å². The second kappa shape index (κ2) is 10.5. The Morgan fingerprint density at radius 3 is 2.75 bits per heavy atom. The van der Waals surface area contributed by atoms with Crippen LogP contribution in [-0.4, -0.2) is 59.2 Å². The van der Waals surface area contributed by atoms with Gasteiger partial charge in [0.1, 0.15) is 6.54 Å². The monoisotopic (exact) mass is 458 g/mol. The van der Waals surface area contributed by atoms with E-state index in [0.29, 0.717) is 18.6 Å². The highest BCUT2D eigenvalue weighted by Gasteiger charge is 2.35. The van der Waals surface area contributed by atoms with Crippen molar-refractivity contribution < 1.29 is 19.2 Å². The molecule has 1 aromatic heterocycles. The third-order valence-electron chi connectivity index (χ3n) is 5.13. The fraction of sp³-hybridized carbons (Fsp3) is 0.409. The fourth-order valence-corrected chi connectivity index (χ4v) is 4.23. The minimum absolute atomic E-state index is 0.0452. The van der Waals surface area contributed by atoms with E-state index in [1.54, 1.807) is 26.0 Å². The second-order valence-electron chi connectivity index (χ2n) is 7.74. The van der Waals surface area contributed by atoms with Gasteiger partial charge in [-0.15, -0.1) is 11.3 Å². The highest BCUT2D eigenvalue weighted by molar-refractivity contribution is 7.12. The Kier molecular flexibility index (Phi) is 7.70. The lowest BCUT2D eigenvalue weighted by molar-refractivity contribution is -0.385. The van der Waals surface area contributed by atoms with Gasteiger partial charge >= 0.3 is 0 Å². The van der Waals surface area contributed by atoms with E-state index in [4.69, 9.17) is 4.74 Å². The summed E-state index contributed by atoms with van der Waals surface area (Å²) < 4.78 is 5.09. The van der Waals surface area contributed by atoms with Crippen LogP contribution >= 0.6 is 11.3 Å². The van der Waals surface area contributed by atoms with Gasteiger partial charge in [-0.05, 0) is 17.0 Å². The lowest BCUT2D eigenvalue weighted by atomic mass is 10.0. The lowest BCUT2D eigenvalue weighted by Crippen LogP contribution is -2.44. The zero-order chi connectivity index (χ0) is 23.3. The molecule has 0 saturated heterocycles. The number of nitrogens with zero attached hydrogens (tertiary/aromatic N) is 4. The van der Waals surface area contributed by atoms with Crippen LogP contribution in [0, 0.1) is 16.0 Å². The molecular formula is C22H26N4O5S. The number of nitro benzene ring substituents is 1. The van der Waals surface area contributed by atoms with Gasteiger partial charge in [-0.25, -0.2) is 5.01 Å². The Balaban J connectivity index is 1.91. The molecule has 1 aliphatic rings. The number of nitro groups is 1. The van der Waals surface area contributed by atoms with Crippen LogP contribution in [0.3, 0.4) is 0 Å². The summed E-state index contributed by atoms with van der Waals surface area (Å²) in [4.78, 5) is 39.1. The Morgan fingerprint density at radius 2 is 2.12 bits per heavy atom. The molecule has 0 unspecified atom stereocenters. The largest absolute Gasteiger partial charge is 0.383 e. The van der Waals surface area contributed by atoms with Gasteiger partial charge in [0.05, 0.1) is 28.2 Å². The first kappa shape index (κ1) is 23.6. The SMILES string of the molecule is COCCN(CC(=O)N1N=C(c2cccs2)C[C@H]1c1cccc([N+](=O)[O-])c1)C(=O)C(C)C. The smallest absolute Gasteiger partial charge is 0.269 e. The predicted molar refractivity (Wildman–Crippen MR) is 121 cm³/mol. The molecular weight excluding hydrogens is 432 g/mol. The van der Waals surface area contributed by atoms with Gasteiger partial charge in [0, 0.05) is 38.1 Å². The number of non-ortho nitro benzene ring substituents is 1. The Morgan fingerprint density at radius 1 is 1.34 bits per heavy atom. The second-order valence-corrected chi connectivity index (χ2v) is 8.69. The zero-order valence-electron chi connectivity index (χ0n) is 18.3. The van der Waals surface area contributed by atoms with Crippen LogP contribution in [0.5, 0.6) is 0 Å². The number of methoxy groups -OCH3 is 1. The van der Waals surface area contributed by atoms with Crippen LogP contribution in [0.15, 0.2) is 46.9 Å². The number of carbonyl (C=O) groups excluding carboxylic acids is 2. The lowest BCUT2D eigenvalue weighted by Gasteiger charge is -2.27. The molecule has 32 heavy (non-hydrogen) atoms. The molecule has 0 saturated carbocycles. The van der Waals surface area contributed by atoms with Crippen LogP contribution < -0.4 is 0 Å². The maximum Gasteiger partial charge on any atom is 0.269 e. The number of hydrogen-bond acceptors (Lipinski definition) is 7. The van der Waals surface area contributed by atoms with Crippen LogP contribution in [-0.2, 0) is 14.3 Å². The molecule has 170 valence electrons. The average molecular weight is 459 g/mol. The van der Waals surface area contributed by atoms with Gasteiger partial charge in [-0.2, -0.15) is 5.10 Å². The van der Waals surface area contributed by atoms with Gasteiger partial charge in [0.25, 0.3) is 11.6 Å². The first-order chi connectivity index (χ1) is 15.3. The summed E-state index contributed by atoms with van der Waals surface area (Å²) in [5.41, 5.74) is 1.32. The molecule has 0 spiro atoms. The predicted octanol–water partition coefficient (Wildman–Crippen LogP) is 3.47. The molecule has 1 aliphatic heterocycles. The summed E-state index contributed by atoms with van der Waals surface area (Å²) in [6, 6.07) is 9.59. The number of amides is 2. The summed E-state index contributed by atoms with van der Waals surface area (Å²) in [6.45, 7) is 4.01. The van der Waals surface area contributed by atoms with Crippen molar-refractivity contribution in [3.05, 3.63) is 62.3 Å². The maximum atomic E-state index is 13.3. The van der Waals surface area contributed by atoms with Crippen molar-refractivity contribution in [2.24, 2.45) is 11.0 Å². The van der Waals surface area contributed by atoms with Crippen LogP contribution in [0.4, 0.5) is 5.69 Å². The van der Waals surface area contributed by atoms with E-state index in [1.807, 2.05) is 17.5 Å². The summed E-state index contributed by atoms with van der Waals surface area (Å²) >= 11 is 1.51. The molecule has 2 amide bonds. The topological polar surface area (TPSA) is 105 Å². The van der Waals surface area contributed by atoms with Crippen molar-refractivity contribution in [3.63, 3.8) is 0 Å². The van der Waals surface area contributed by atoms with Crippen molar-refractivity contribution in [1.82, 2.24) is 9.91 Å². The molecule has 0 aliphatic carbocycles. The van der Waals surface area contributed by atoms with Crippen LogP contribution in [0.25, 0.3) is 0 Å². The normalized spacial score (nSPS) is 15.7. The minimum Gasteiger partial charge on any atom is -0.383 e. The van der Waals surface area contributed by atoms with E-state index in [1.165, 1.54) is 40.5 Å². The molecule has 1 aromatic carbocycles. The van der Waals surface area contributed by atoms with E-state index in [2.05, 4.69) is 5.10 Å². The van der Waals surface area contributed by atoms with Gasteiger partial charge in [-0.3, -0.25) is 19.7 Å². The van der Waals surface area contributed by atoms with Crippen molar-refractivity contribution in [1.29, 1.82) is 0 Å². The highest BCUT2D eigenvalue weighted by atomic mass is 32.1. The number of benzene rings is 1. The average Bonchev–Trinajstić information content (AvgIpc) is 3.46. The van der Waals surface area contributed by atoms with E-state index in [9.17, 15) is 19.7 Å². The number of rotatable bonds is 9. The van der Waals surface area contributed by atoms with Gasteiger partial charge < -0.3 is 9.64 Å². The third-order valence-corrected chi connectivity index (χ3v) is 6.05. The van der Waals surface area contributed by atoms with E-state index >= 15 is 0 Å². The first-order valence-electron chi connectivity index (χ1n) is 10.3. The number of thiophene rings is 1. The molecule has 0 bridgehead atoms. The molecule has 3 rings (SSSR count). The number of ether oxygens (including phenoxy) is 1.